The maximum Gasteiger partial charge on any atom is 0.190 e. The molecule has 0 aliphatic carbocycles. The summed E-state index contributed by atoms with van der Waals surface area (Å²) in [4.78, 5) is 6.97. The third-order valence-electron chi connectivity index (χ3n) is 5.47. The third kappa shape index (κ3) is 9.30. The molecule has 0 spiro atoms. The van der Waals surface area contributed by atoms with E-state index < -0.39 is 0 Å². The molecule has 1 fully saturated rings. The molecule has 0 amide bonds. The largest absolute Gasteiger partial charge is 0.356 e. The lowest BCUT2D eigenvalue weighted by Crippen LogP contribution is -2.41. The highest BCUT2D eigenvalue weighted by molar-refractivity contribution is 14.0. The van der Waals surface area contributed by atoms with Gasteiger partial charge in [-0.1, -0.05) is 32.0 Å². The summed E-state index contributed by atoms with van der Waals surface area (Å²) in [5, 5.41) is 16.6. The highest BCUT2D eigenvalue weighted by Crippen LogP contribution is 2.17. The van der Waals surface area contributed by atoms with Crippen LogP contribution in [0.3, 0.4) is 0 Å². The van der Waals surface area contributed by atoms with Gasteiger partial charge in [0.2, 0.25) is 0 Å². The molecule has 1 aromatic heterocycles. The number of aryl methyl sites for hydroxylation is 1. The maximum absolute atomic E-state index is 4.40. The second kappa shape index (κ2) is 15.3. The second-order valence-corrected chi connectivity index (χ2v) is 9.14. The molecule has 2 N–H and O–H groups in total. The highest BCUT2D eigenvalue weighted by Gasteiger charge is 2.17. The number of hydrogen-bond acceptors (Lipinski definition) is 5. The molecule has 9 heteroatoms. The van der Waals surface area contributed by atoms with Gasteiger partial charge < -0.3 is 20.1 Å². The van der Waals surface area contributed by atoms with Gasteiger partial charge in [-0.3, -0.25) is 4.99 Å². The third-order valence-corrected chi connectivity index (χ3v) is 6.14. The summed E-state index contributed by atoms with van der Waals surface area (Å²) in [6.07, 6.45) is 9.24. The maximum atomic E-state index is 4.40. The van der Waals surface area contributed by atoms with Crippen molar-refractivity contribution in [2.75, 3.05) is 39.5 Å². The van der Waals surface area contributed by atoms with Crippen LogP contribution in [-0.2, 0) is 13.0 Å². The van der Waals surface area contributed by atoms with E-state index in [-0.39, 0.29) is 24.0 Å². The van der Waals surface area contributed by atoms with Gasteiger partial charge in [-0.15, -0.1) is 34.2 Å². The fourth-order valence-electron chi connectivity index (χ4n) is 3.86. The first kappa shape index (κ1) is 27.5. The molecule has 7 nitrogen and oxygen atoms in total. The number of piperidine rings is 1. The molecule has 0 saturated carbocycles. The van der Waals surface area contributed by atoms with Gasteiger partial charge in [-0.25, -0.2) is 0 Å². The Morgan fingerprint density at radius 3 is 2.57 bits per heavy atom. The number of nitrogens with zero attached hydrogens (tertiary/aromatic N) is 5. The van der Waals surface area contributed by atoms with E-state index in [4.69, 9.17) is 0 Å². The Bertz CT molecular complexity index is 620. The van der Waals surface area contributed by atoms with Crippen molar-refractivity contribution in [3.8, 4) is 0 Å². The van der Waals surface area contributed by atoms with Crippen molar-refractivity contribution in [2.45, 2.75) is 77.0 Å². The van der Waals surface area contributed by atoms with Gasteiger partial charge in [-0.05, 0) is 51.3 Å². The zero-order chi connectivity index (χ0) is 21.1. The Labute approximate surface area is 204 Å². The minimum Gasteiger partial charge on any atom is -0.356 e. The SMILES string of the molecule is CN=C(NCCCc1nnc(SC)n1CC(C)C)NCCCN1CCCCC1C.I. The van der Waals surface area contributed by atoms with Crippen molar-refractivity contribution in [2.24, 2.45) is 10.9 Å². The van der Waals surface area contributed by atoms with E-state index in [0.717, 1.165) is 61.9 Å². The van der Waals surface area contributed by atoms with E-state index in [1.165, 1.54) is 32.4 Å². The van der Waals surface area contributed by atoms with Crippen LogP contribution in [0.2, 0.25) is 0 Å². The Morgan fingerprint density at radius 2 is 1.93 bits per heavy atom. The Hall–Kier alpha value is -0.550. The summed E-state index contributed by atoms with van der Waals surface area (Å²) in [6.45, 7) is 12.1. The lowest BCUT2D eigenvalue weighted by Gasteiger charge is -2.33. The molecular formula is C21H42IN7S. The molecule has 1 aliphatic heterocycles. The molecule has 0 radical (unpaired) electrons. The van der Waals surface area contributed by atoms with Gasteiger partial charge in [0.15, 0.2) is 11.1 Å². The van der Waals surface area contributed by atoms with E-state index in [2.05, 4.69) is 62.3 Å². The molecule has 174 valence electrons. The molecule has 1 aromatic rings. The number of nitrogens with one attached hydrogen (secondary N) is 2. The quantitative estimate of drug-likeness (QED) is 0.144. The number of rotatable bonds is 11. The normalized spacial score (nSPS) is 17.8. The molecule has 1 aliphatic rings. The number of aliphatic imine (C=N–C) groups is 1. The summed E-state index contributed by atoms with van der Waals surface area (Å²) in [5.74, 6) is 2.57. The van der Waals surface area contributed by atoms with E-state index in [1.807, 2.05) is 7.05 Å². The number of aromatic nitrogens is 3. The lowest BCUT2D eigenvalue weighted by molar-refractivity contribution is 0.159. The number of halogens is 1. The van der Waals surface area contributed by atoms with Gasteiger partial charge in [0.1, 0.15) is 5.82 Å². The zero-order valence-corrected chi connectivity index (χ0v) is 22.6. The molecule has 0 aromatic carbocycles. The van der Waals surface area contributed by atoms with Crippen molar-refractivity contribution in [1.29, 1.82) is 0 Å². The van der Waals surface area contributed by atoms with Gasteiger partial charge in [0.25, 0.3) is 0 Å². The minimum absolute atomic E-state index is 0. The summed E-state index contributed by atoms with van der Waals surface area (Å²) in [6, 6.07) is 0.741. The Morgan fingerprint density at radius 1 is 1.20 bits per heavy atom. The van der Waals surface area contributed by atoms with Crippen LogP contribution in [0.4, 0.5) is 0 Å². The molecular weight excluding hydrogens is 509 g/mol. The van der Waals surface area contributed by atoms with E-state index in [0.29, 0.717) is 5.92 Å². The number of hydrogen-bond donors (Lipinski definition) is 2. The monoisotopic (exact) mass is 551 g/mol. The first-order valence-corrected chi connectivity index (χ1v) is 12.4. The van der Waals surface area contributed by atoms with Crippen molar-refractivity contribution in [1.82, 2.24) is 30.3 Å². The molecule has 1 saturated heterocycles. The predicted octanol–water partition coefficient (Wildman–Crippen LogP) is 3.64. The average molecular weight is 552 g/mol. The lowest BCUT2D eigenvalue weighted by atomic mass is 10.0. The fourth-order valence-corrected chi connectivity index (χ4v) is 4.38. The fraction of sp³-hybridized carbons (Fsp3) is 0.857. The molecule has 2 heterocycles. The van der Waals surface area contributed by atoms with Crippen molar-refractivity contribution in [3.05, 3.63) is 5.82 Å². The Kier molecular flexibility index (Phi) is 14.0. The standard InChI is InChI=1S/C21H41N7S.HI/c1-17(2)16-28-19(25-26-21(28)29-5)11-8-12-23-20(22-4)24-13-9-15-27-14-7-6-10-18(27)3;/h17-18H,6-16H2,1-5H3,(H2,22,23,24);1H. The van der Waals surface area contributed by atoms with Crippen LogP contribution in [0.5, 0.6) is 0 Å². The minimum atomic E-state index is 0. The highest BCUT2D eigenvalue weighted by atomic mass is 127. The average Bonchev–Trinajstić information content (AvgIpc) is 3.08. The number of guanidine groups is 1. The van der Waals surface area contributed by atoms with Crippen LogP contribution in [0, 0.1) is 5.92 Å². The topological polar surface area (TPSA) is 70.4 Å². The van der Waals surface area contributed by atoms with Crippen molar-refractivity contribution < 1.29 is 0 Å². The van der Waals surface area contributed by atoms with Gasteiger partial charge in [-0.2, -0.15) is 0 Å². The van der Waals surface area contributed by atoms with E-state index in [1.54, 1.807) is 11.8 Å². The van der Waals surface area contributed by atoms with Crippen molar-refractivity contribution in [3.63, 3.8) is 0 Å². The Balaban J connectivity index is 0.00000450. The van der Waals surface area contributed by atoms with Crippen LogP contribution in [0.15, 0.2) is 10.1 Å². The smallest absolute Gasteiger partial charge is 0.190 e. The summed E-state index contributed by atoms with van der Waals surface area (Å²) >= 11 is 1.67. The van der Waals surface area contributed by atoms with Crippen LogP contribution >= 0.6 is 35.7 Å². The number of thioether (sulfide) groups is 1. The number of likely N-dealkylation sites (tertiary alicyclic amines) is 1. The summed E-state index contributed by atoms with van der Waals surface area (Å²) in [7, 11) is 1.84. The summed E-state index contributed by atoms with van der Waals surface area (Å²) in [5.41, 5.74) is 0. The molecule has 1 atom stereocenters. The van der Waals surface area contributed by atoms with Crippen LogP contribution in [-0.4, -0.2) is 71.1 Å². The van der Waals surface area contributed by atoms with Crippen LogP contribution in [0.1, 0.15) is 58.7 Å². The van der Waals surface area contributed by atoms with Gasteiger partial charge >= 0.3 is 0 Å². The van der Waals surface area contributed by atoms with Crippen molar-refractivity contribution >= 4 is 41.7 Å². The molecule has 2 rings (SSSR count). The van der Waals surface area contributed by atoms with Gasteiger partial charge in [0, 0.05) is 45.7 Å². The van der Waals surface area contributed by atoms with Gasteiger partial charge in [0.05, 0.1) is 0 Å². The van der Waals surface area contributed by atoms with E-state index in [9.17, 15) is 0 Å². The molecule has 1 unspecified atom stereocenters. The van der Waals surface area contributed by atoms with Crippen LogP contribution < -0.4 is 10.6 Å². The second-order valence-electron chi connectivity index (χ2n) is 8.37. The zero-order valence-electron chi connectivity index (χ0n) is 19.5. The predicted molar refractivity (Wildman–Crippen MR) is 139 cm³/mol. The van der Waals surface area contributed by atoms with Crippen LogP contribution in [0.25, 0.3) is 0 Å². The summed E-state index contributed by atoms with van der Waals surface area (Å²) < 4.78 is 2.27. The molecule has 30 heavy (non-hydrogen) atoms. The van der Waals surface area contributed by atoms with E-state index >= 15 is 0 Å². The first-order chi connectivity index (χ1) is 14.0. The molecule has 0 bridgehead atoms. The first-order valence-electron chi connectivity index (χ1n) is 11.2.